The minimum Gasteiger partial charge on any atom is -0.444 e. The summed E-state index contributed by atoms with van der Waals surface area (Å²) in [6.45, 7) is 0.0768. The quantitative estimate of drug-likeness (QED) is 0.765. The summed E-state index contributed by atoms with van der Waals surface area (Å²) in [4.78, 5) is 26.1. The molecule has 1 fully saturated rings. The average molecular weight is 357 g/mol. The van der Waals surface area contributed by atoms with Gasteiger partial charge in [0, 0.05) is 0 Å². The highest BCUT2D eigenvalue weighted by molar-refractivity contribution is 7.98. The summed E-state index contributed by atoms with van der Waals surface area (Å²) in [6, 6.07) is 18.4. The standard InChI is InChI=1S/C19H19NO4S/c1-25-17(15-10-6-3-7-11-15)16-18(21)24-13-20(16)19(22)23-12-14-8-4-2-5-9-14/h2-11,16-17H,12-13H2,1H3/t16-,17?/m0/s1. The molecular weight excluding hydrogens is 338 g/mol. The van der Waals surface area contributed by atoms with E-state index < -0.39 is 18.1 Å². The van der Waals surface area contributed by atoms with Crippen molar-refractivity contribution in [1.82, 2.24) is 4.90 Å². The Kier molecular flexibility index (Phi) is 5.60. The van der Waals surface area contributed by atoms with Gasteiger partial charge in [-0.1, -0.05) is 60.7 Å². The van der Waals surface area contributed by atoms with Crippen molar-refractivity contribution < 1.29 is 19.1 Å². The third-order valence-electron chi connectivity index (χ3n) is 4.03. The van der Waals surface area contributed by atoms with E-state index in [9.17, 15) is 9.59 Å². The van der Waals surface area contributed by atoms with Gasteiger partial charge in [0.15, 0.2) is 12.8 Å². The van der Waals surface area contributed by atoms with E-state index in [2.05, 4.69) is 0 Å². The summed E-state index contributed by atoms with van der Waals surface area (Å²) in [5, 5.41) is -0.208. The smallest absolute Gasteiger partial charge is 0.413 e. The highest BCUT2D eigenvalue weighted by Gasteiger charge is 2.44. The van der Waals surface area contributed by atoms with Crippen molar-refractivity contribution in [3.05, 3.63) is 71.8 Å². The Hall–Kier alpha value is -2.47. The number of cyclic esters (lactones) is 1. The van der Waals surface area contributed by atoms with Gasteiger partial charge in [-0.3, -0.25) is 4.90 Å². The summed E-state index contributed by atoms with van der Waals surface area (Å²) in [5.74, 6) is -0.403. The Bertz CT molecular complexity index is 723. The topological polar surface area (TPSA) is 55.8 Å². The molecule has 1 amide bonds. The zero-order chi connectivity index (χ0) is 17.6. The number of hydrogen-bond acceptors (Lipinski definition) is 5. The average Bonchev–Trinajstić information content (AvgIpc) is 3.04. The lowest BCUT2D eigenvalue weighted by Crippen LogP contribution is -2.41. The Morgan fingerprint density at radius 1 is 1.20 bits per heavy atom. The fourth-order valence-corrected chi connectivity index (χ4v) is 3.72. The lowest BCUT2D eigenvalue weighted by atomic mass is 10.1. The molecule has 1 heterocycles. The van der Waals surface area contributed by atoms with Gasteiger partial charge < -0.3 is 9.47 Å². The van der Waals surface area contributed by atoms with Gasteiger partial charge in [-0.15, -0.1) is 0 Å². The van der Waals surface area contributed by atoms with Crippen LogP contribution in [-0.4, -0.2) is 36.0 Å². The first-order valence-electron chi connectivity index (χ1n) is 7.92. The van der Waals surface area contributed by atoms with Crippen LogP contribution in [0.4, 0.5) is 4.79 Å². The molecule has 0 bridgehead atoms. The van der Waals surface area contributed by atoms with E-state index in [0.29, 0.717) is 0 Å². The number of thioether (sulfide) groups is 1. The number of carbonyl (C=O) groups is 2. The number of rotatable bonds is 5. The molecule has 130 valence electrons. The van der Waals surface area contributed by atoms with E-state index in [1.165, 1.54) is 16.7 Å². The number of carbonyl (C=O) groups excluding carboxylic acids is 2. The van der Waals surface area contributed by atoms with Crippen LogP contribution in [0.2, 0.25) is 0 Å². The molecule has 5 nitrogen and oxygen atoms in total. The molecule has 3 rings (SSSR count). The van der Waals surface area contributed by atoms with Crippen molar-refractivity contribution in [1.29, 1.82) is 0 Å². The van der Waals surface area contributed by atoms with Crippen LogP contribution < -0.4 is 0 Å². The maximum Gasteiger partial charge on any atom is 0.413 e. The van der Waals surface area contributed by atoms with Crippen LogP contribution in [0.15, 0.2) is 60.7 Å². The number of ether oxygens (including phenoxy) is 2. The molecule has 0 radical (unpaired) electrons. The molecule has 0 saturated carbocycles. The van der Waals surface area contributed by atoms with Crippen molar-refractivity contribution in [3.8, 4) is 0 Å². The van der Waals surface area contributed by atoms with Gasteiger partial charge in [-0.2, -0.15) is 11.8 Å². The molecule has 2 atom stereocenters. The summed E-state index contributed by atoms with van der Waals surface area (Å²) >= 11 is 1.51. The number of amides is 1. The van der Waals surface area contributed by atoms with Gasteiger partial charge in [-0.05, 0) is 17.4 Å². The van der Waals surface area contributed by atoms with Crippen LogP contribution in [0.1, 0.15) is 16.4 Å². The minimum atomic E-state index is -0.694. The van der Waals surface area contributed by atoms with Crippen LogP contribution in [-0.2, 0) is 20.9 Å². The maximum atomic E-state index is 12.5. The summed E-state index contributed by atoms with van der Waals surface area (Å²) in [5.41, 5.74) is 1.86. The molecule has 0 aliphatic carbocycles. The van der Waals surface area contributed by atoms with Crippen molar-refractivity contribution in [3.63, 3.8) is 0 Å². The van der Waals surface area contributed by atoms with Crippen molar-refractivity contribution in [2.24, 2.45) is 0 Å². The second-order valence-electron chi connectivity index (χ2n) is 5.61. The molecule has 25 heavy (non-hydrogen) atoms. The summed E-state index contributed by atoms with van der Waals surface area (Å²) < 4.78 is 10.5. The van der Waals surface area contributed by atoms with E-state index in [-0.39, 0.29) is 18.6 Å². The second-order valence-corrected chi connectivity index (χ2v) is 6.59. The van der Waals surface area contributed by atoms with Gasteiger partial charge in [0.2, 0.25) is 0 Å². The molecule has 0 spiro atoms. The molecule has 1 saturated heterocycles. The van der Waals surface area contributed by atoms with Crippen LogP contribution in [0.5, 0.6) is 0 Å². The van der Waals surface area contributed by atoms with E-state index in [4.69, 9.17) is 9.47 Å². The highest BCUT2D eigenvalue weighted by atomic mass is 32.2. The van der Waals surface area contributed by atoms with Crippen LogP contribution in [0.25, 0.3) is 0 Å². The number of esters is 1. The van der Waals surface area contributed by atoms with E-state index in [0.717, 1.165) is 11.1 Å². The lowest BCUT2D eigenvalue weighted by molar-refractivity contribution is -0.139. The molecule has 0 N–H and O–H groups in total. The van der Waals surface area contributed by atoms with Gasteiger partial charge in [-0.25, -0.2) is 9.59 Å². The molecule has 2 aromatic carbocycles. The van der Waals surface area contributed by atoms with Crippen LogP contribution >= 0.6 is 11.8 Å². The monoisotopic (exact) mass is 357 g/mol. The fourth-order valence-electron chi connectivity index (χ4n) is 2.77. The zero-order valence-corrected chi connectivity index (χ0v) is 14.6. The highest BCUT2D eigenvalue weighted by Crippen LogP contribution is 2.36. The predicted octanol–water partition coefficient (Wildman–Crippen LogP) is 3.61. The molecule has 2 aromatic rings. The normalized spacial score (nSPS) is 17.9. The van der Waals surface area contributed by atoms with Gasteiger partial charge in [0.25, 0.3) is 0 Å². The van der Waals surface area contributed by atoms with Crippen molar-refractivity contribution >= 4 is 23.8 Å². The first-order valence-corrected chi connectivity index (χ1v) is 9.21. The van der Waals surface area contributed by atoms with Crippen molar-refractivity contribution in [2.45, 2.75) is 17.9 Å². The SMILES string of the molecule is CSC(c1ccccc1)[C@H]1C(=O)OCN1C(=O)OCc1ccccc1. The molecule has 1 aliphatic rings. The minimum absolute atomic E-state index is 0.0823. The lowest BCUT2D eigenvalue weighted by Gasteiger charge is -2.26. The Labute approximate surface area is 150 Å². The third-order valence-corrected chi connectivity index (χ3v) is 5.07. The van der Waals surface area contributed by atoms with Crippen LogP contribution in [0.3, 0.4) is 0 Å². The van der Waals surface area contributed by atoms with Crippen LogP contribution in [0, 0.1) is 0 Å². The third kappa shape index (κ3) is 3.96. The number of benzene rings is 2. The Morgan fingerprint density at radius 3 is 2.48 bits per heavy atom. The molecule has 6 heteroatoms. The van der Waals surface area contributed by atoms with Gasteiger partial charge in [0.1, 0.15) is 6.61 Å². The summed E-state index contributed by atoms with van der Waals surface area (Å²) in [7, 11) is 0. The van der Waals surface area contributed by atoms with E-state index in [1.54, 1.807) is 0 Å². The number of nitrogens with zero attached hydrogens (tertiary/aromatic N) is 1. The maximum absolute atomic E-state index is 12.5. The Morgan fingerprint density at radius 2 is 1.84 bits per heavy atom. The fraction of sp³-hybridized carbons (Fsp3) is 0.263. The summed E-state index contributed by atoms with van der Waals surface area (Å²) in [6.07, 6.45) is 1.37. The van der Waals surface area contributed by atoms with E-state index in [1.807, 2.05) is 66.9 Å². The Balaban J connectivity index is 1.73. The van der Waals surface area contributed by atoms with Crippen molar-refractivity contribution in [2.75, 3.05) is 13.0 Å². The van der Waals surface area contributed by atoms with Gasteiger partial charge in [0.05, 0.1) is 5.25 Å². The molecular formula is C19H19NO4S. The molecule has 1 unspecified atom stereocenters. The zero-order valence-electron chi connectivity index (χ0n) is 13.8. The second kappa shape index (κ2) is 8.07. The largest absolute Gasteiger partial charge is 0.444 e. The molecule has 1 aliphatic heterocycles. The van der Waals surface area contributed by atoms with Gasteiger partial charge >= 0.3 is 12.1 Å². The first-order chi connectivity index (χ1) is 12.2. The van der Waals surface area contributed by atoms with E-state index >= 15 is 0 Å². The first kappa shape index (κ1) is 17.4. The molecule has 0 aromatic heterocycles. The number of hydrogen-bond donors (Lipinski definition) is 0. The predicted molar refractivity (Wildman–Crippen MR) is 95.9 cm³/mol.